The lowest BCUT2D eigenvalue weighted by Crippen LogP contribution is -2.27. The Kier molecular flexibility index (Phi) is 9.01. The summed E-state index contributed by atoms with van der Waals surface area (Å²) in [5.41, 5.74) is 4.37. The first-order valence-corrected chi connectivity index (χ1v) is 16.9. The molecule has 3 heterocycles. The van der Waals surface area contributed by atoms with Crippen LogP contribution in [-0.2, 0) is 26.1 Å². The number of carbonyl (C=O) groups is 1. The highest BCUT2D eigenvalue weighted by Crippen LogP contribution is 2.40. The van der Waals surface area contributed by atoms with E-state index in [9.17, 15) is 13.2 Å². The van der Waals surface area contributed by atoms with Gasteiger partial charge in [-0.15, -0.1) is 0 Å². The number of sulfonamides is 1. The highest BCUT2D eigenvalue weighted by molar-refractivity contribution is 7.92. The van der Waals surface area contributed by atoms with Crippen LogP contribution in [0.25, 0.3) is 11.3 Å². The van der Waals surface area contributed by atoms with Crippen LogP contribution in [0.1, 0.15) is 76.1 Å². The van der Waals surface area contributed by atoms with Gasteiger partial charge in [-0.2, -0.15) is 10.1 Å². The predicted molar refractivity (Wildman–Crippen MR) is 177 cm³/mol. The predicted octanol–water partition coefficient (Wildman–Crippen LogP) is 6.68. The molecule has 2 aromatic carbocycles. The molecular weight excluding hydrogens is 602 g/mol. The molecule has 0 spiro atoms. The first kappa shape index (κ1) is 33.1. The second kappa shape index (κ2) is 12.5. The second-order valence-corrected chi connectivity index (χ2v) is 15.9. The molecule has 1 aliphatic heterocycles. The van der Waals surface area contributed by atoms with Crippen LogP contribution in [0, 0.1) is 25.2 Å². The first-order valence-electron chi connectivity index (χ1n) is 15.4. The average molecular weight is 646 g/mol. The third-order valence-electron chi connectivity index (χ3n) is 7.71. The van der Waals surface area contributed by atoms with Gasteiger partial charge in [0.05, 0.1) is 23.4 Å². The zero-order chi connectivity index (χ0) is 33.4. The maximum Gasteiger partial charge on any atom is 0.328 e. The van der Waals surface area contributed by atoms with Gasteiger partial charge in [0.1, 0.15) is 12.1 Å². The van der Waals surface area contributed by atoms with E-state index in [1.807, 2.05) is 65.1 Å². The summed E-state index contributed by atoms with van der Waals surface area (Å²) in [6.07, 6.45) is 4.31. The Hall–Kier alpha value is -4.25. The summed E-state index contributed by atoms with van der Waals surface area (Å²) >= 11 is 0. The quantitative estimate of drug-likeness (QED) is 0.239. The number of fused-ring (bicyclic) bond motifs is 4. The van der Waals surface area contributed by atoms with E-state index in [0.29, 0.717) is 12.3 Å². The van der Waals surface area contributed by atoms with E-state index in [0.717, 1.165) is 34.2 Å². The number of aromatic nitrogens is 4. The van der Waals surface area contributed by atoms with E-state index < -0.39 is 21.6 Å². The van der Waals surface area contributed by atoms with Crippen LogP contribution in [0.4, 0.5) is 5.95 Å². The van der Waals surface area contributed by atoms with Gasteiger partial charge in [0.15, 0.2) is 0 Å². The third kappa shape index (κ3) is 7.93. The molecule has 2 atom stereocenters. The molecule has 5 rings (SSSR count). The number of nitrogens with one attached hydrogen (secondary N) is 1. The van der Waals surface area contributed by atoms with Crippen molar-refractivity contribution >= 4 is 21.9 Å². The number of hydrogen-bond donors (Lipinski definition) is 1. The SMILES string of the molecule is Cc1cccc(C)c1-c1cc2nc(n1)NS(=O)(=O)c1cccc(c1)C(c1cnn(CC(=O)OC(C)(C)C)c1)[C@H](CC(C)(C)C)CO2. The van der Waals surface area contributed by atoms with Crippen LogP contribution >= 0.6 is 0 Å². The van der Waals surface area contributed by atoms with E-state index in [1.165, 1.54) is 0 Å². The van der Waals surface area contributed by atoms with Crippen LogP contribution in [0.3, 0.4) is 0 Å². The number of benzene rings is 2. The molecule has 2 aromatic heterocycles. The van der Waals surface area contributed by atoms with Gasteiger partial charge in [-0.3, -0.25) is 9.48 Å². The molecule has 4 bridgehead atoms. The van der Waals surface area contributed by atoms with E-state index >= 15 is 0 Å². The number of carbonyl (C=O) groups excluding carboxylic acids is 1. The molecule has 0 fully saturated rings. The largest absolute Gasteiger partial charge is 0.477 e. The fourth-order valence-corrected chi connectivity index (χ4v) is 7.07. The number of nitrogens with zero attached hydrogens (tertiary/aromatic N) is 4. The van der Waals surface area contributed by atoms with Crippen molar-refractivity contribution in [3.05, 3.63) is 83.2 Å². The minimum Gasteiger partial charge on any atom is -0.477 e. The van der Waals surface area contributed by atoms with E-state index in [-0.39, 0.29) is 40.5 Å². The van der Waals surface area contributed by atoms with Crippen molar-refractivity contribution in [2.24, 2.45) is 11.3 Å². The molecule has 244 valence electrons. The van der Waals surface area contributed by atoms with E-state index in [4.69, 9.17) is 9.47 Å². The lowest BCUT2D eigenvalue weighted by molar-refractivity contribution is -0.155. The van der Waals surface area contributed by atoms with Crippen molar-refractivity contribution in [3.63, 3.8) is 0 Å². The molecule has 0 saturated heterocycles. The molecule has 1 unspecified atom stereocenters. The van der Waals surface area contributed by atoms with Gasteiger partial charge in [-0.25, -0.2) is 18.1 Å². The fraction of sp³-hybridized carbons (Fsp3) is 0.429. The van der Waals surface area contributed by atoms with Crippen LogP contribution in [0.5, 0.6) is 5.88 Å². The fourth-order valence-electron chi connectivity index (χ4n) is 6.07. The molecule has 11 heteroatoms. The molecule has 1 N–H and O–H groups in total. The third-order valence-corrected chi connectivity index (χ3v) is 9.03. The molecule has 46 heavy (non-hydrogen) atoms. The maximum absolute atomic E-state index is 13.8. The number of aryl methyl sites for hydroxylation is 2. The topological polar surface area (TPSA) is 125 Å². The molecule has 0 aliphatic carbocycles. The van der Waals surface area contributed by atoms with Crippen LogP contribution in [0.2, 0.25) is 0 Å². The Labute approximate surface area is 271 Å². The number of rotatable bonds is 5. The van der Waals surface area contributed by atoms with Crippen molar-refractivity contribution in [2.75, 3.05) is 11.3 Å². The van der Waals surface area contributed by atoms with Crippen LogP contribution in [0.15, 0.2) is 65.8 Å². The highest BCUT2D eigenvalue weighted by atomic mass is 32.2. The molecule has 4 aromatic rings. The van der Waals surface area contributed by atoms with Gasteiger partial charge >= 0.3 is 5.97 Å². The average Bonchev–Trinajstić information content (AvgIpc) is 3.36. The molecule has 0 amide bonds. The number of esters is 1. The summed E-state index contributed by atoms with van der Waals surface area (Å²) in [6.45, 7) is 16.2. The summed E-state index contributed by atoms with van der Waals surface area (Å²) in [5, 5.41) is 4.50. The second-order valence-electron chi connectivity index (χ2n) is 14.2. The summed E-state index contributed by atoms with van der Waals surface area (Å²) in [7, 11) is -4.06. The van der Waals surface area contributed by atoms with Crippen LogP contribution in [-0.4, -0.2) is 46.3 Å². The van der Waals surface area contributed by atoms with Gasteiger partial charge in [0, 0.05) is 29.7 Å². The van der Waals surface area contributed by atoms with Gasteiger partial charge in [-0.1, -0.05) is 51.1 Å². The van der Waals surface area contributed by atoms with Crippen molar-refractivity contribution in [1.29, 1.82) is 0 Å². The van der Waals surface area contributed by atoms with Gasteiger partial charge < -0.3 is 9.47 Å². The lowest BCUT2D eigenvalue weighted by atomic mass is 9.74. The molecule has 0 radical (unpaired) electrons. The normalized spacial score (nSPS) is 18.0. The minimum atomic E-state index is -4.06. The number of anilines is 1. The summed E-state index contributed by atoms with van der Waals surface area (Å²) in [5.74, 6) is -0.609. The Balaban J connectivity index is 1.63. The van der Waals surface area contributed by atoms with Crippen molar-refractivity contribution in [3.8, 4) is 17.1 Å². The standard InChI is InChI=1S/C35H43N5O5S/c1-22-11-9-12-23(2)31(22)28-16-29-38-33(37-28)39-46(42,43)27-14-10-13-24(15-27)32(25(21-44-29)17-34(3,4)5)26-18-36-40(19-26)20-30(41)45-35(6,7)8/h9-16,18-19,25,32H,17,20-21H2,1-8H3,(H,37,38,39)/t25-,32?/m1/s1. The first-order chi connectivity index (χ1) is 21.5. The summed E-state index contributed by atoms with van der Waals surface area (Å²) in [6, 6.07) is 14.6. The van der Waals surface area contributed by atoms with Crippen molar-refractivity contribution in [1.82, 2.24) is 19.7 Å². The smallest absolute Gasteiger partial charge is 0.328 e. The minimum absolute atomic E-state index is 0.0480. The molecule has 0 saturated carbocycles. The maximum atomic E-state index is 13.8. The highest BCUT2D eigenvalue weighted by Gasteiger charge is 2.33. The van der Waals surface area contributed by atoms with Crippen molar-refractivity contribution < 1.29 is 22.7 Å². The Morgan fingerprint density at radius 2 is 1.70 bits per heavy atom. The van der Waals surface area contributed by atoms with E-state index in [2.05, 4.69) is 40.6 Å². The van der Waals surface area contributed by atoms with Gasteiger partial charge in [-0.05, 0) is 80.8 Å². The van der Waals surface area contributed by atoms with Crippen molar-refractivity contribution in [2.45, 2.75) is 84.8 Å². The van der Waals surface area contributed by atoms with E-state index in [1.54, 1.807) is 35.1 Å². The molecule has 10 nitrogen and oxygen atoms in total. The molecule has 1 aliphatic rings. The summed E-state index contributed by atoms with van der Waals surface area (Å²) in [4.78, 5) is 21.8. The summed E-state index contributed by atoms with van der Waals surface area (Å²) < 4.78 is 43.6. The zero-order valence-corrected chi connectivity index (χ0v) is 28.6. The zero-order valence-electron chi connectivity index (χ0n) is 27.8. The number of ether oxygens (including phenoxy) is 2. The Morgan fingerprint density at radius 1 is 1.00 bits per heavy atom. The lowest BCUT2D eigenvalue weighted by Gasteiger charge is -2.32. The van der Waals surface area contributed by atoms with Crippen LogP contribution < -0.4 is 9.46 Å². The monoisotopic (exact) mass is 645 g/mol. The molecular formula is C35H43N5O5S. The van der Waals surface area contributed by atoms with Gasteiger partial charge in [0.2, 0.25) is 11.8 Å². The number of hydrogen-bond acceptors (Lipinski definition) is 8. The van der Waals surface area contributed by atoms with Gasteiger partial charge in [0.25, 0.3) is 10.0 Å². The Morgan fingerprint density at radius 3 is 2.37 bits per heavy atom. The Bertz CT molecular complexity index is 1830.